The van der Waals surface area contributed by atoms with Gasteiger partial charge in [0.05, 0.1) is 29.2 Å². The zero-order chi connectivity index (χ0) is 36.0. The average Bonchev–Trinajstić information content (AvgIpc) is 3.59. The smallest absolute Gasteiger partial charge is 0.254 e. The molecular formula is C45H33F2N5O. The van der Waals surface area contributed by atoms with Crippen molar-refractivity contribution in [2.75, 3.05) is 0 Å². The van der Waals surface area contributed by atoms with Gasteiger partial charge >= 0.3 is 0 Å². The fourth-order valence-electron chi connectivity index (χ4n) is 7.48. The molecule has 53 heavy (non-hydrogen) atoms. The molecule has 3 heterocycles. The molecule has 3 aromatic heterocycles. The molecule has 1 saturated carbocycles. The Balaban J connectivity index is 1.06. The Kier molecular flexibility index (Phi) is 7.81. The van der Waals surface area contributed by atoms with Gasteiger partial charge in [-0.1, -0.05) is 109 Å². The van der Waals surface area contributed by atoms with Gasteiger partial charge in [0.15, 0.2) is 0 Å². The molecule has 8 heteroatoms. The maximum absolute atomic E-state index is 15.7. The first-order valence-electron chi connectivity index (χ1n) is 17.5. The highest BCUT2D eigenvalue weighted by molar-refractivity contribution is 5.96. The van der Waals surface area contributed by atoms with Crippen LogP contribution in [0.3, 0.4) is 0 Å². The van der Waals surface area contributed by atoms with Crippen molar-refractivity contribution in [3.63, 3.8) is 0 Å². The van der Waals surface area contributed by atoms with E-state index in [4.69, 9.17) is 5.10 Å². The highest BCUT2D eigenvalue weighted by atomic mass is 19.1. The first-order valence-corrected chi connectivity index (χ1v) is 17.5. The molecule has 1 amide bonds. The largest absolute Gasteiger partial charge is 0.342 e. The third-order valence-corrected chi connectivity index (χ3v) is 10.3. The molecule has 0 atom stereocenters. The minimum absolute atomic E-state index is 0.0530. The number of pyridine rings is 1. The van der Waals surface area contributed by atoms with E-state index < -0.39 is 22.8 Å². The third-order valence-electron chi connectivity index (χ3n) is 10.3. The van der Waals surface area contributed by atoms with Crippen LogP contribution in [0.4, 0.5) is 8.78 Å². The number of hydrogen-bond donors (Lipinski definition) is 1. The summed E-state index contributed by atoms with van der Waals surface area (Å²) in [6.07, 6.45) is 9.03. The van der Waals surface area contributed by atoms with E-state index in [2.05, 4.69) is 52.9 Å². The van der Waals surface area contributed by atoms with Gasteiger partial charge in [-0.2, -0.15) is 5.10 Å². The number of hydrogen-bond acceptors (Lipinski definition) is 3. The molecule has 5 aromatic carbocycles. The van der Waals surface area contributed by atoms with Gasteiger partial charge in [0.2, 0.25) is 0 Å². The van der Waals surface area contributed by atoms with Crippen LogP contribution in [0.2, 0.25) is 0 Å². The maximum atomic E-state index is 15.7. The van der Waals surface area contributed by atoms with Gasteiger partial charge in [-0.05, 0) is 71.5 Å². The van der Waals surface area contributed by atoms with E-state index in [-0.39, 0.29) is 11.4 Å². The number of carbonyl (C=O) groups excluding carboxylic acids is 1. The van der Waals surface area contributed by atoms with Crippen LogP contribution < -0.4 is 5.32 Å². The Labute approximate surface area is 305 Å². The number of benzene rings is 5. The van der Waals surface area contributed by atoms with Gasteiger partial charge in [-0.15, -0.1) is 0 Å². The molecule has 0 radical (unpaired) electrons. The molecule has 1 N–H and O–H groups in total. The normalized spacial score (nSPS) is 13.5. The van der Waals surface area contributed by atoms with Crippen LogP contribution in [0, 0.1) is 11.6 Å². The van der Waals surface area contributed by atoms with Crippen molar-refractivity contribution in [1.29, 1.82) is 0 Å². The quantitative estimate of drug-likeness (QED) is 0.153. The minimum atomic E-state index is -0.754. The number of amides is 1. The fraction of sp³-hybridized carbons (Fsp3) is 0.0889. The van der Waals surface area contributed by atoms with Crippen molar-refractivity contribution in [3.8, 4) is 22.4 Å². The molecule has 8 aromatic rings. The Bertz CT molecular complexity index is 2480. The predicted octanol–water partition coefficient (Wildman–Crippen LogP) is 9.40. The molecule has 1 aliphatic rings. The highest BCUT2D eigenvalue weighted by Gasteiger charge is 2.46. The summed E-state index contributed by atoms with van der Waals surface area (Å²) < 4.78 is 33.1. The number of rotatable bonds is 9. The van der Waals surface area contributed by atoms with Gasteiger partial charge in [0.25, 0.3) is 5.91 Å². The van der Waals surface area contributed by atoms with Crippen molar-refractivity contribution in [2.45, 2.75) is 23.9 Å². The number of aromatic nitrogens is 4. The first kappa shape index (κ1) is 32.3. The van der Waals surface area contributed by atoms with Gasteiger partial charge in [0, 0.05) is 29.1 Å². The SMILES string of the molecule is O=C(NC1(c2ccc(F)cc2)CC1)c1ccc(-c2cnc3ccc(-c4cnn(C(c5ccccc5)(c5ccccc5)c5ccccc5)c4)cn23)cc1F. The molecule has 258 valence electrons. The molecule has 0 spiro atoms. The van der Waals surface area contributed by atoms with Crippen molar-refractivity contribution in [3.05, 3.63) is 210 Å². The summed E-state index contributed by atoms with van der Waals surface area (Å²) in [5, 5.41) is 8.01. The van der Waals surface area contributed by atoms with Crippen molar-refractivity contribution >= 4 is 11.6 Å². The summed E-state index contributed by atoms with van der Waals surface area (Å²) in [7, 11) is 0. The molecule has 0 saturated heterocycles. The third kappa shape index (κ3) is 5.60. The van der Waals surface area contributed by atoms with Gasteiger partial charge in [-0.25, -0.2) is 13.8 Å². The average molecular weight is 698 g/mol. The second-order valence-electron chi connectivity index (χ2n) is 13.5. The lowest BCUT2D eigenvalue weighted by atomic mass is 9.77. The summed E-state index contributed by atoms with van der Waals surface area (Å²) >= 11 is 0. The van der Waals surface area contributed by atoms with E-state index in [1.165, 1.54) is 24.3 Å². The second kappa shape index (κ2) is 12.8. The van der Waals surface area contributed by atoms with Crippen molar-refractivity contribution in [1.82, 2.24) is 24.5 Å². The van der Waals surface area contributed by atoms with Crippen LogP contribution >= 0.6 is 0 Å². The minimum Gasteiger partial charge on any atom is -0.342 e. The number of fused-ring (bicyclic) bond motifs is 1. The van der Waals surface area contributed by atoms with Crippen LogP contribution in [0.15, 0.2) is 170 Å². The number of nitrogens with zero attached hydrogens (tertiary/aromatic N) is 4. The first-order chi connectivity index (χ1) is 25.9. The lowest BCUT2D eigenvalue weighted by molar-refractivity contribution is 0.0926. The Morgan fingerprint density at radius 3 is 1.85 bits per heavy atom. The Morgan fingerprint density at radius 1 is 0.660 bits per heavy atom. The Hall–Kier alpha value is -6.67. The van der Waals surface area contributed by atoms with Crippen LogP contribution in [-0.4, -0.2) is 25.1 Å². The molecule has 1 aliphatic carbocycles. The molecule has 0 bridgehead atoms. The highest BCUT2D eigenvalue weighted by Crippen LogP contribution is 2.46. The van der Waals surface area contributed by atoms with Crippen LogP contribution in [0.5, 0.6) is 0 Å². The monoisotopic (exact) mass is 697 g/mol. The van der Waals surface area contributed by atoms with Crippen molar-refractivity contribution < 1.29 is 13.6 Å². The van der Waals surface area contributed by atoms with E-state index >= 15 is 4.39 Å². The maximum Gasteiger partial charge on any atom is 0.254 e. The molecule has 0 unspecified atom stereocenters. The number of imidazole rings is 1. The molecule has 0 aliphatic heterocycles. The summed E-state index contributed by atoms with van der Waals surface area (Å²) in [6.45, 7) is 0. The van der Waals surface area contributed by atoms with E-state index in [1.54, 1.807) is 24.4 Å². The van der Waals surface area contributed by atoms with Gasteiger partial charge < -0.3 is 5.32 Å². The zero-order valence-corrected chi connectivity index (χ0v) is 28.5. The topological polar surface area (TPSA) is 64.2 Å². The summed E-state index contributed by atoms with van der Waals surface area (Å²) in [5.74, 6) is -1.49. The lowest BCUT2D eigenvalue weighted by Crippen LogP contribution is -2.38. The zero-order valence-electron chi connectivity index (χ0n) is 28.5. The summed E-state index contributed by atoms with van der Waals surface area (Å²) in [4.78, 5) is 17.9. The number of carbonyl (C=O) groups is 1. The molecular weight excluding hydrogens is 665 g/mol. The number of halogens is 2. The summed E-state index contributed by atoms with van der Waals surface area (Å²) in [5.41, 5.74) is 6.35. The predicted molar refractivity (Wildman–Crippen MR) is 201 cm³/mol. The van der Waals surface area contributed by atoms with E-state index in [0.717, 1.165) is 33.4 Å². The lowest BCUT2D eigenvalue weighted by Gasteiger charge is -2.36. The summed E-state index contributed by atoms with van der Waals surface area (Å²) in [6, 6.07) is 45.8. The fourth-order valence-corrected chi connectivity index (χ4v) is 7.48. The van der Waals surface area contributed by atoms with E-state index in [1.807, 2.05) is 88.2 Å². The molecule has 6 nitrogen and oxygen atoms in total. The Morgan fingerprint density at radius 2 is 1.26 bits per heavy atom. The van der Waals surface area contributed by atoms with E-state index in [9.17, 15) is 9.18 Å². The standard InChI is InChI=1S/C45H33F2N5O/c46-38-20-18-34(19-21-38)44(24-25-44)50-43(53)39-22-16-31(26-40(39)47)41-28-48-42-23-17-32(29-51(41)42)33-27-49-52(30-33)45(35-10-4-1-5-11-35,36-12-6-2-7-13-36)37-14-8-3-9-15-37/h1-23,26-30H,24-25H2,(H,50,53). The van der Waals surface area contributed by atoms with Crippen LogP contribution in [0.1, 0.15) is 45.5 Å². The molecule has 9 rings (SSSR count). The molecule has 1 fully saturated rings. The van der Waals surface area contributed by atoms with Crippen molar-refractivity contribution in [2.24, 2.45) is 0 Å². The van der Waals surface area contributed by atoms with Crippen LogP contribution in [-0.2, 0) is 11.1 Å². The van der Waals surface area contributed by atoms with Gasteiger partial charge in [0.1, 0.15) is 22.8 Å². The number of nitrogens with one attached hydrogen (secondary N) is 1. The second-order valence-corrected chi connectivity index (χ2v) is 13.5. The van der Waals surface area contributed by atoms with Crippen LogP contribution in [0.25, 0.3) is 28.0 Å². The van der Waals surface area contributed by atoms with E-state index in [0.29, 0.717) is 29.7 Å². The van der Waals surface area contributed by atoms with Gasteiger partial charge in [-0.3, -0.25) is 13.9 Å².